The summed E-state index contributed by atoms with van der Waals surface area (Å²) in [5, 5.41) is 8.41. The average molecular weight is 393 g/mol. The summed E-state index contributed by atoms with van der Waals surface area (Å²) < 4.78 is 2.16. The second kappa shape index (κ2) is 7.09. The number of hydrogen-bond acceptors (Lipinski definition) is 5. The number of likely N-dealkylation sites (tertiary alicyclic amines) is 1. The van der Waals surface area contributed by atoms with Crippen LogP contribution in [0.4, 0.5) is 0 Å². The largest absolute Gasteiger partial charge is 0.342 e. The summed E-state index contributed by atoms with van der Waals surface area (Å²) in [5.41, 5.74) is 0.838. The van der Waals surface area contributed by atoms with Crippen molar-refractivity contribution < 1.29 is 14.4 Å². The van der Waals surface area contributed by atoms with Gasteiger partial charge in [0, 0.05) is 38.0 Å². The van der Waals surface area contributed by atoms with E-state index in [0.29, 0.717) is 30.3 Å². The highest BCUT2D eigenvalue weighted by atomic mass is 16.2. The fourth-order valence-electron chi connectivity index (χ4n) is 4.40. The highest BCUT2D eigenvalue weighted by molar-refractivity contribution is 6.21. The Kier molecular flexibility index (Phi) is 4.41. The predicted octanol–water partition coefficient (Wildman–Crippen LogP) is 2.01. The molecule has 150 valence electrons. The molecule has 1 saturated carbocycles. The Morgan fingerprint density at radius 3 is 2.48 bits per heavy atom. The Labute approximate surface area is 168 Å². The summed E-state index contributed by atoms with van der Waals surface area (Å²) in [6, 6.07) is 7.31. The number of amides is 3. The van der Waals surface area contributed by atoms with Gasteiger partial charge in [0.2, 0.25) is 5.91 Å². The summed E-state index contributed by atoms with van der Waals surface area (Å²) in [4.78, 5) is 40.8. The van der Waals surface area contributed by atoms with Crippen molar-refractivity contribution in [2.45, 2.75) is 44.1 Å². The summed E-state index contributed by atoms with van der Waals surface area (Å²) in [6.45, 7) is 1.44. The minimum atomic E-state index is -0.313. The molecule has 0 radical (unpaired) electrons. The zero-order valence-electron chi connectivity index (χ0n) is 16.2. The van der Waals surface area contributed by atoms with E-state index in [2.05, 4.69) is 14.8 Å². The molecule has 2 aromatic rings. The number of carbonyl (C=O) groups excluding carboxylic acids is 3. The lowest BCUT2D eigenvalue weighted by Crippen LogP contribution is -2.41. The molecule has 2 fully saturated rings. The van der Waals surface area contributed by atoms with Gasteiger partial charge in [-0.1, -0.05) is 12.1 Å². The molecule has 8 heteroatoms. The van der Waals surface area contributed by atoms with Crippen molar-refractivity contribution in [3.05, 3.63) is 47.5 Å². The maximum Gasteiger partial charge on any atom is 0.261 e. The van der Waals surface area contributed by atoms with Crippen LogP contribution in [0.2, 0.25) is 0 Å². The van der Waals surface area contributed by atoms with E-state index < -0.39 is 0 Å². The fourth-order valence-corrected chi connectivity index (χ4v) is 4.40. The number of fused-ring (bicyclic) bond motifs is 1. The molecule has 1 aliphatic carbocycles. The maximum absolute atomic E-state index is 12.8. The molecule has 29 heavy (non-hydrogen) atoms. The molecular formula is C21H23N5O3. The van der Waals surface area contributed by atoms with E-state index in [4.69, 9.17) is 0 Å². The lowest BCUT2D eigenvalue weighted by molar-refractivity contribution is -0.132. The summed E-state index contributed by atoms with van der Waals surface area (Å²) in [5.74, 6) is 0.518. The minimum absolute atomic E-state index is 0.0243. The van der Waals surface area contributed by atoms with Crippen LogP contribution in [0.1, 0.15) is 70.6 Å². The van der Waals surface area contributed by atoms with Crippen LogP contribution >= 0.6 is 0 Å². The number of nitrogens with zero attached hydrogens (tertiary/aromatic N) is 5. The molecule has 1 unspecified atom stereocenters. The van der Waals surface area contributed by atoms with Crippen LogP contribution in [-0.2, 0) is 4.79 Å². The lowest BCUT2D eigenvalue weighted by atomic mass is 9.96. The number of hydrogen-bond donors (Lipinski definition) is 0. The second-order valence-corrected chi connectivity index (χ2v) is 8.06. The van der Waals surface area contributed by atoms with Gasteiger partial charge < -0.3 is 9.47 Å². The number of rotatable bonds is 5. The quantitative estimate of drug-likeness (QED) is 0.725. The van der Waals surface area contributed by atoms with Crippen molar-refractivity contribution in [3.63, 3.8) is 0 Å². The number of carbonyl (C=O) groups is 3. The van der Waals surface area contributed by atoms with Crippen molar-refractivity contribution in [1.82, 2.24) is 24.6 Å². The molecule has 0 N–H and O–H groups in total. The second-order valence-electron chi connectivity index (χ2n) is 8.06. The molecule has 1 aromatic carbocycles. The van der Waals surface area contributed by atoms with Crippen LogP contribution in [0.5, 0.6) is 0 Å². The van der Waals surface area contributed by atoms with Gasteiger partial charge in [-0.3, -0.25) is 19.3 Å². The van der Waals surface area contributed by atoms with E-state index >= 15 is 0 Å². The smallest absolute Gasteiger partial charge is 0.261 e. The van der Waals surface area contributed by atoms with Crippen LogP contribution in [-0.4, -0.2) is 61.9 Å². The molecule has 3 amide bonds. The molecule has 0 spiro atoms. The highest BCUT2D eigenvalue weighted by Crippen LogP contribution is 2.38. The average Bonchev–Trinajstić information content (AvgIpc) is 3.43. The molecular weight excluding hydrogens is 370 g/mol. The molecule has 0 bridgehead atoms. The van der Waals surface area contributed by atoms with Gasteiger partial charge in [0.1, 0.15) is 12.2 Å². The topological polar surface area (TPSA) is 88.4 Å². The van der Waals surface area contributed by atoms with Crippen molar-refractivity contribution in [2.24, 2.45) is 0 Å². The van der Waals surface area contributed by atoms with Gasteiger partial charge in [-0.25, -0.2) is 0 Å². The summed E-state index contributed by atoms with van der Waals surface area (Å²) in [7, 11) is 0. The zero-order chi connectivity index (χ0) is 20.0. The standard InChI is InChI=1S/C21H23N5O3/c27-18(9-11-25-20(28)16-5-1-2-6-17(16)21(25)29)24-10-3-4-14(12-24)19-23-22-13-26(19)15-7-8-15/h1-2,5-6,13-15H,3-4,7-12H2. The van der Waals surface area contributed by atoms with Crippen LogP contribution in [0.3, 0.4) is 0 Å². The van der Waals surface area contributed by atoms with Crippen LogP contribution in [0.25, 0.3) is 0 Å². The van der Waals surface area contributed by atoms with E-state index in [1.807, 2.05) is 4.90 Å². The highest BCUT2D eigenvalue weighted by Gasteiger charge is 2.36. The number of benzene rings is 1. The SMILES string of the molecule is O=C(CCN1C(=O)c2ccccc2C1=O)N1CCCC(c2nncn2C2CC2)C1. The maximum atomic E-state index is 12.8. The molecule has 8 nitrogen and oxygen atoms in total. The fraction of sp³-hybridized carbons (Fsp3) is 0.476. The van der Waals surface area contributed by atoms with Gasteiger partial charge in [0.15, 0.2) is 0 Å². The van der Waals surface area contributed by atoms with E-state index in [0.717, 1.165) is 18.7 Å². The van der Waals surface area contributed by atoms with Gasteiger partial charge in [-0.15, -0.1) is 10.2 Å². The zero-order valence-corrected chi connectivity index (χ0v) is 16.2. The third-order valence-electron chi connectivity index (χ3n) is 6.11. The van der Waals surface area contributed by atoms with Crippen LogP contribution in [0.15, 0.2) is 30.6 Å². The first-order valence-corrected chi connectivity index (χ1v) is 10.3. The van der Waals surface area contributed by atoms with Crippen molar-refractivity contribution >= 4 is 17.7 Å². The van der Waals surface area contributed by atoms with Crippen molar-refractivity contribution in [3.8, 4) is 0 Å². The van der Waals surface area contributed by atoms with Crippen molar-refractivity contribution in [2.75, 3.05) is 19.6 Å². The monoisotopic (exact) mass is 393 g/mol. The molecule has 1 saturated heterocycles. The first kappa shape index (κ1) is 18.0. The van der Waals surface area contributed by atoms with Gasteiger partial charge in [0.05, 0.1) is 11.1 Å². The molecule has 5 rings (SSSR count). The summed E-state index contributed by atoms with van der Waals surface area (Å²) >= 11 is 0. The predicted molar refractivity (Wildman–Crippen MR) is 103 cm³/mol. The Morgan fingerprint density at radius 2 is 1.79 bits per heavy atom. The number of aromatic nitrogens is 3. The number of imide groups is 1. The molecule has 1 atom stereocenters. The number of piperidine rings is 1. The third kappa shape index (κ3) is 3.22. The first-order valence-electron chi connectivity index (χ1n) is 10.3. The van der Waals surface area contributed by atoms with Gasteiger partial charge in [-0.05, 0) is 37.8 Å². The van der Waals surface area contributed by atoms with Crippen molar-refractivity contribution in [1.29, 1.82) is 0 Å². The van der Waals surface area contributed by atoms with E-state index in [-0.39, 0.29) is 36.6 Å². The minimum Gasteiger partial charge on any atom is -0.342 e. The van der Waals surface area contributed by atoms with E-state index in [1.54, 1.807) is 30.6 Å². The van der Waals surface area contributed by atoms with E-state index in [9.17, 15) is 14.4 Å². The Hall–Kier alpha value is -3.03. The lowest BCUT2D eigenvalue weighted by Gasteiger charge is -2.32. The molecule has 3 aliphatic rings. The third-order valence-corrected chi connectivity index (χ3v) is 6.11. The Bertz CT molecular complexity index is 945. The summed E-state index contributed by atoms with van der Waals surface area (Å²) in [6.07, 6.45) is 6.19. The molecule has 2 aliphatic heterocycles. The molecule has 3 heterocycles. The normalized spacial score (nSPS) is 21.6. The van der Waals surface area contributed by atoms with Gasteiger partial charge in [-0.2, -0.15) is 0 Å². The van der Waals surface area contributed by atoms with Gasteiger partial charge >= 0.3 is 0 Å². The first-order chi connectivity index (χ1) is 14.1. The Balaban J connectivity index is 1.22. The van der Waals surface area contributed by atoms with E-state index in [1.165, 1.54) is 17.7 Å². The Morgan fingerprint density at radius 1 is 1.07 bits per heavy atom. The molecule has 1 aromatic heterocycles. The van der Waals surface area contributed by atoms with Crippen LogP contribution < -0.4 is 0 Å². The van der Waals surface area contributed by atoms with Gasteiger partial charge in [0.25, 0.3) is 11.8 Å². The van der Waals surface area contributed by atoms with Crippen LogP contribution in [0, 0.1) is 0 Å².